The summed E-state index contributed by atoms with van der Waals surface area (Å²) in [6.07, 6.45) is 7.02. The predicted octanol–water partition coefficient (Wildman–Crippen LogP) is 0.0543. The maximum Gasteiger partial charge on any atom is 0.230 e. The first-order chi connectivity index (χ1) is 14.0. The van der Waals surface area contributed by atoms with Gasteiger partial charge in [-0.1, -0.05) is 18.2 Å². The molecule has 152 valence electrons. The highest BCUT2D eigenvalue weighted by molar-refractivity contribution is 5.93. The molecule has 2 bridgehead atoms. The van der Waals surface area contributed by atoms with Crippen molar-refractivity contribution in [2.24, 2.45) is 11.8 Å². The summed E-state index contributed by atoms with van der Waals surface area (Å²) in [5.41, 5.74) is 0.255. The molecule has 3 amide bonds. The van der Waals surface area contributed by atoms with Gasteiger partial charge in [0, 0.05) is 52.0 Å². The Labute approximate surface area is 169 Å². The van der Waals surface area contributed by atoms with E-state index >= 15 is 0 Å². The second kappa shape index (κ2) is 6.66. The van der Waals surface area contributed by atoms with Crippen molar-refractivity contribution in [3.8, 4) is 0 Å². The number of carbonyl (C=O) groups is 3. The van der Waals surface area contributed by atoms with Gasteiger partial charge < -0.3 is 19.4 Å². The van der Waals surface area contributed by atoms with Crippen LogP contribution in [0.4, 0.5) is 0 Å². The molecule has 0 aliphatic carbocycles. The summed E-state index contributed by atoms with van der Waals surface area (Å²) >= 11 is 0. The number of nitrogens with zero attached hydrogens (tertiary/aromatic N) is 4. The lowest BCUT2D eigenvalue weighted by atomic mass is 9.76. The number of pyridine rings is 1. The summed E-state index contributed by atoms with van der Waals surface area (Å²) in [6.45, 7) is 4.53. The van der Waals surface area contributed by atoms with Crippen molar-refractivity contribution in [3.05, 3.63) is 42.2 Å². The van der Waals surface area contributed by atoms with E-state index < -0.39 is 17.4 Å². The molecule has 29 heavy (non-hydrogen) atoms. The van der Waals surface area contributed by atoms with Crippen molar-refractivity contribution in [1.82, 2.24) is 19.7 Å². The maximum atomic E-state index is 13.3. The molecule has 8 heteroatoms. The average molecular weight is 396 g/mol. The Balaban J connectivity index is 1.34. The molecule has 1 spiro atoms. The summed E-state index contributed by atoms with van der Waals surface area (Å²) in [5, 5.41) is 0. The van der Waals surface area contributed by atoms with Crippen LogP contribution in [0.25, 0.3) is 0 Å². The first-order valence-corrected chi connectivity index (χ1v) is 10.1. The molecule has 8 nitrogen and oxygen atoms in total. The van der Waals surface area contributed by atoms with Crippen LogP contribution in [0.1, 0.15) is 12.5 Å². The summed E-state index contributed by atoms with van der Waals surface area (Å²) in [6, 6.07) is 3.79. The zero-order valence-electron chi connectivity index (χ0n) is 16.4. The van der Waals surface area contributed by atoms with E-state index in [2.05, 4.69) is 4.98 Å². The molecule has 0 N–H and O–H groups in total. The number of ether oxygens (including phenoxy) is 1. The first-order valence-electron chi connectivity index (χ1n) is 10.1. The summed E-state index contributed by atoms with van der Waals surface area (Å²) in [5.74, 6) is -1.01. The van der Waals surface area contributed by atoms with Crippen LogP contribution in [0.15, 0.2) is 36.7 Å². The monoisotopic (exact) mass is 396 g/mol. The molecule has 0 aromatic carbocycles. The van der Waals surface area contributed by atoms with Crippen molar-refractivity contribution < 1.29 is 19.1 Å². The molecule has 5 heterocycles. The quantitative estimate of drug-likeness (QED) is 0.675. The minimum absolute atomic E-state index is 0.0265. The number of piperazine rings is 1. The number of fused-ring (bicyclic) bond motifs is 1. The molecule has 5 rings (SSSR count). The van der Waals surface area contributed by atoms with Crippen molar-refractivity contribution in [2.75, 3.05) is 32.7 Å². The SMILES string of the molecule is CC(=O)N1CCN(C(=O)[C@H]2[C@@H]3C=C[C@@]4(CN(Cc5cccnc5)C(=O)[C@H]24)O3)CC1. The molecule has 0 unspecified atom stereocenters. The van der Waals surface area contributed by atoms with E-state index in [1.807, 2.05) is 24.3 Å². The van der Waals surface area contributed by atoms with Gasteiger partial charge in [0.2, 0.25) is 17.7 Å². The van der Waals surface area contributed by atoms with Gasteiger partial charge in [-0.05, 0) is 11.6 Å². The van der Waals surface area contributed by atoms with Crippen LogP contribution in [0.2, 0.25) is 0 Å². The minimum Gasteiger partial charge on any atom is -0.360 e. The largest absolute Gasteiger partial charge is 0.360 e. The van der Waals surface area contributed by atoms with Crippen LogP contribution in [0.5, 0.6) is 0 Å². The predicted molar refractivity (Wildman–Crippen MR) is 102 cm³/mol. The van der Waals surface area contributed by atoms with Gasteiger partial charge in [-0.2, -0.15) is 0 Å². The third-order valence-electron chi connectivity index (χ3n) is 6.60. The highest BCUT2D eigenvalue weighted by atomic mass is 16.5. The highest BCUT2D eigenvalue weighted by Crippen LogP contribution is 2.52. The lowest BCUT2D eigenvalue weighted by molar-refractivity contribution is -0.146. The third-order valence-corrected chi connectivity index (χ3v) is 6.60. The van der Waals surface area contributed by atoms with Crippen LogP contribution >= 0.6 is 0 Å². The number of hydrogen-bond donors (Lipinski definition) is 0. The van der Waals surface area contributed by atoms with E-state index in [-0.39, 0.29) is 23.8 Å². The van der Waals surface area contributed by atoms with E-state index in [4.69, 9.17) is 4.74 Å². The summed E-state index contributed by atoms with van der Waals surface area (Å²) in [4.78, 5) is 47.6. The minimum atomic E-state index is -0.703. The fourth-order valence-corrected chi connectivity index (χ4v) is 5.16. The van der Waals surface area contributed by atoms with Gasteiger partial charge in [0.1, 0.15) is 5.60 Å². The molecule has 0 radical (unpaired) electrons. The Morgan fingerprint density at radius 1 is 1.24 bits per heavy atom. The number of hydrogen-bond acceptors (Lipinski definition) is 5. The lowest BCUT2D eigenvalue weighted by Crippen LogP contribution is -2.54. The smallest absolute Gasteiger partial charge is 0.230 e. The molecule has 0 saturated carbocycles. The van der Waals surface area contributed by atoms with E-state index in [0.29, 0.717) is 39.3 Å². The molecule has 4 atom stereocenters. The van der Waals surface area contributed by atoms with Gasteiger partial charge >= 0.3 is 0 Å². The Kier molecular flexibility index (Phi) is 4.20. The topological polar surface area (TPSA) is 83.1 Å². The number of likely N-dealkylation sites (tertiary alicyclic amines) is 1. The Bertz CT molecular complexity index is 880. The summed E-state index contributed by atoms with van der Waals surface area (Å²) in [7, 11) is 0. The second-order valence-corrected chi connectivity index (χ2v) is 8.29. The van der Waals surface area contributed by atoms with E-state index in [9.17, 15) is 14.4 Å². The van der Waals surface area contributed by atoms with E-state index in [0.717, 1.165) is 5.56 Å². The van der Waals surface area contributed by atoms with Crippen LogP contribution in [0.3, 0.4) is 0 Å². The standard InChI is InChI=1S/C21H24N4O4/c1-14(26)23-7-9-24(10-8-23)19(27)17-16-4-5-21(29-16)13-25(20(28)18(17)21)12-15-3-2-6-22-11-15/h2-6,11,16-18H,7-10,12-13H2,1H3/t16-,17-,18-,21-/m0/s1. The lowest BCUT2D eigenvalue weighted by Gasteiger charge is -2.37. The fraction of sp³-hybridized carbons (Fsp3) is 0.524. The van der Waals surface area contributed by atoms with Crippen molar-refractivity contribution in [2.45, 2.75) is 25.2 Å². The number of rotatable bonds is 3. The molecule has 1 aromatic heterocycles. The molecular weight excluding hydrogens is 372 g/mol. The zero-order valence-corrected chi connectivity index (χ0v) is 16.4. The third kappa shape index (κ3) is 2.85. The number of carbonyl (C=O) groups excluding carboxylic acids is 3. The van der Waals surface area contributed by atoms with Crippen molar-refractivity contribution >= 4 is 17.7 Å². The van der Waals surface area contributed by atoms with Crippen LogP contribution in [-0.4, -0.2) is 81.8 Å². The van der Waals surface area contributed by atoms with Crippen LogP contribution < -0.4 is 0 Å². The normalized spacial score (nSPS) is 32.8. The van der Waals surface area contributed by atoms with Gasteiger partial charge in [-0.3, -0.25) is 19.4 Å². The molecule has 1 aromatic rings. The Morgan fingerprint density at radius 3 is 2.69 bits per heavy atom. The number of aromatic nitrogens is 1. The van der Waals surface area contributed by atoms with Crippen LogP contribution in [-0.2, 0) is 25.7 Å². The van der Waals surface area contributed by atoms with E-state index in [1.165, 1.54) is 0 Å². The van der Waals surface area contributed by atoms with Gasteiger partial charge in [-0.15, -0.1) is 0 Å². The number of amides is 3. The Hall–Kier alpha value is -2.74. The van der Waals surface area contributed by atoms with Gasteiger partial charge in [0.15, 0.2) is 0 Å². The average Bonchev–Trinajstić information content (AvgIpc) is 3.37. The fourth-order valence-electron chi connectivity index (χ4n) is 5.16. The van der Waals surface area contributed by atoms with Crippen LogP contribution in [0, 0.1) is 11.8 Å². The van der Waals surface area contributed by atoms with Gasteiger partial charge in [-0.25, -0.2) is 0 Å². The Morgan fingerprint density at radius 2 is 2.00 bits per heavy atom. The van der Waals surface area contributed by atoms with Gasteiger partial charge in [0.25, 0.3) is 0 Å². The highest BCUT2D eigenvalue weighted by Gasteiger charge is 2.67. The molecule has 3 fully saturated rings. The molecule has 4 aliphatic heterocycles. The van der Waals surface area contributed by atoms with Crippen molar-refractivity contribution in [3.63, 3.8) is 0 Å². The van der Waals surface area contributed by atoms with Crippen molar-refractivity contribution in [1.29, 1.82) is 0 Å². The van der Waals surface area contributed by atoms with E-state index in [1.54, 1.807) is 34.0 Å². The summed E-state index contributed by atoms with van der Waals surface area (Å²) < 4.78 is 6.20. The maximum absolute atomic E-state index is 13.3. The second-order valence-electron chi connectivity index (χ2n) is 8.29. The molecule has 3 saturated heterocycles. The molecule has 4 aliphatic rings. The molecular formula is C21H24N4O4. The first kappa shape index (κ1) is 18.3. The van der Waals surface area contributed by atoms with Gasteiger partial charge in [0.05, 0.1) is 24.5 Å². The zero-order chi connectivity index (χ0) is 20.2.